The molecular formula is C18H25BrO. The van der Waals surface area contributed by atoms with Crippen LogP contribution in [0.2, 0.25) is 0 Å². The third kappa shape index (κ3) is 3.39. The highest BCUT2D eigenvalue weighted by molar-refractivity contribution is 9.09. The molecule has 0 saturated heterocycles. The molecule has 1 aliphatic heterocycles. The summed E-state index contributed by atoms with van der Waals surface area (Å²) in [6, 6.07) is 6.83. The average molecular weight is 337 g/mol. The van der Waals surface area contributed by atoms with E-state index in [-0.39, 0.29) is 0 Å². The van der Waals surface area contributed by atoms with Crippen molar-refractivity contribution in [3.8, 4) is 5.75 Å². The highest BCUT2D eigenvalue weighted by atomic mass is 79.9. The number of rotatable bonds is 2. The summed E-state index contributed by atoms with van der Waals surface area (Å²) in [6.45, 7) is 0.882. The molecule has 20 heavy (non-hydrogen) atoms. The summed E-state index contributed by atoms with van der Waals surface area (Å²) in [6.07, 6.45) is 12.2. The van der Waals surface area contributed by atoms with Crippen LogP contribution in [0, 0.1) is 5.92 Å². The fraction of sp³-hybridized carbons (Fsp3) is 0.667. The maximum absolute atomic E-state index is 5.72. The molecule has 1 heterocycles. The van der Waals surface area contributed by atoms with Crippen LogP contribution >= 0.6 is 15.9 Å². The van der Waals surface area contributed by atoms with Gasteiger partial charge in [0, 0.05) is 4.83 Å². The van der Waals surface area contributed by atoms with Gasteiger partial charge in [-0.3, -0.25) is 0 Å². The van der Waals surface area contributed by atoms with Gasteiger partial charge in [-0.15, -0.1) is 0 Å². The molecule has 1 fully saturated rings. The van der Waals surface area contributed by atoms with Crippen LogP contribution in [0.15, 0.2) is 18.2 Å². The van der Waals surface area contributed by atoms with Crippen molar-refractivity contribution >= 4 is 15.9 Å². The Balaban J connectivity index is 1.73. The Kier molecular flexibility index (Phi) is 5.04. The zero-order valence-corrected chi connectivity index (χ0v) is 13.8. The monoisotopic (exact) mass is 336 g/mol. The second-order valence-corrected chi connectivity index (χ2v) is 7.31. The fourth-order valence-electron chi connectivity index (χ4n) is 3.60. The van der Waals surface area contributed by atoms with Crippen LogP contribution < -0.4 is 4.74 Å². The highest BCUT2D eigenvalue weighted by Gasteiger charge is 2.22. The van der Waals surface area contributed by atoms with Crippen molar-refractivity contribution in [3.05, 3.63) is 29.3 Å². The third-order valence-corrected chi connectivity index (χ3v) is 6.09. The lowest BCUT2D eigenvalue weighted by atomic mass is 9.86. The lowest BCUT2D eigenvalue weighted by Gasteiger charge is -2.26. The minimum Gasteiger partial charge on any atom is -0.493 e. The topological polar surface area (TPSA) is 9.23 Å². The number of halogens is 1. The van der Waals surface area contributed by atoms with E-state index in [1.54, 1.807) is 0 Å². The molecule has 1 atom stereocenters. The molecule has 1 saturated carbocycles. The number of ether oxygens (including phenoxy) is 1. The van der Waals surface area contributed by atoms with E-state index in [2.05, 4.69) is 34.1 Å². The van der Waals surface area contributed by atoms with Crippen LogP contribution in [-0.4, -0.2) is 6.61 Å². The molecular weight excluding hydrogens is 312 g/mol. The number of benzene rings is 1. The van der Waals surface area contributed by atoms with Crippen LogP contribution in [0.1, 0.15) is 67.3 Å². The Morgan fingerprint density at radius 1 is 1.00 bits per heavy atom. The maximum Gasteiger partial charge on any atom is 0.122 e. The minimum atomic E-state index is 0.521. The van der Waals surface area contributed by atoms with Gasteiger partial charge in [0.05, 0.1) is 6.61 Å². The predicted molar refractivity (Wildman–Crippen MR) is 87.7 cm³/mol. The minimum absolute atomic E-state index is 0.521. The van der Waals surface area contributed by atoms with Crippen molar-refractivity contribution in [2.45, 2.75) is 62.6 Å². The largest absolute Gasteiger partial charge is 0.493 e. The standard InChI is InChI=1S/C18H25BrO/c19-18(14-7-4-2-1-3-5-8-14)16-10-11-17-15(13-16)9-6-12-20-17/h10-11,13-14,18H,1-9,12H2. The quantitative estimate of drug-likeness (QED) is 0.619. The molecule has 0 amide bonds. The van der Waals surface area contributed by atoms with Crippen LogP contribution in [-0.2, 0) is 6.42 Å². The molecule has 1 nitrogen and oxygen atoms in total. The Bertz CT molecular complexity index is 435. The van der Waals surface area contributed by atoms with Gasteiger partial charge >= 0.3 is 0 Å². The van der Waals surface area contributed by atoms with Gasteiger partial charge in [0.1, 0.15) is 5.75 Å². The summed E-state index contributed by atoms with van der Waals surface area (Å²) in [5.41, 5.74) is 2.86. The first-order chi connectivity index (χ1) is 9.84. The molecule has 0 bridgehead atoms. The molecule has 110 valence electrons. The van der Waals surface area contributed by atoms with E-state index in [9.17, 15) is 0 Å². The van der Waals surface area contributed by atoms with Gasteiger partial charge in [0.15, 0.2) is 0 Å². The van der Waals surface area contributed by atoms with Gasteiger partial charge < -0.3 is 4.74 Å². The number of aryl methyl sites for hydroxylation is 1. The van der Waals surface area contributed by atoms with Crippen molar-refractivity contribution in [3.63, 3.8) is 0 Å². The molecule has 1 aromatic rings. The van der Waals surface area contributed by atoms with E-state index >= 15 is 0 Å². The molecule has 2 aliphatic rings. The summed E-state index contributed by atoms with van der Waals surface area (Å²) < 4.78 is 5.72. The molecule has 0 aromatic heterocycles. The van der Waals surface area contributed by atoms with Gasteiger partial charge in [-0.2, -0.15) is 0 Å². The van der Waals surface area contributed by atoms with Crippen molar-refractivity contribution in [2.24, 2.45) is 5.92 Å². The molecule has 0 spiro atoms. The zero-order valence-electron chi connectivity index (χ0n) is 12.2. The Hall–Kier alpha value is -0.500. The van der Waals surface area contributed by atoms with Crippen molar-refractivity contribution in [2.75, 3.05) is 6.61 Å². The number of fused-ring (bicyclic) bond motifs is 1. The first-order valence-corrected chi connectivity index (χ1v) is 9.16. The summed E-state index contributed by atoms with van der Waals surface area (Å²) in [7, 11) is 0. The van der Waals surface area contributed by atoms with Crippen molar-refractivity contribution in [1.29, 1.82) is 0 Å². The van der Waals surface area contributed by atoms with Crippen LogP contribution in [0.3, 0.4) is 0 Å². The predicted octanol–water partition coefficient (Wildman–Crippen LogP) is 5.81. The zero-order chi connectivity index (χ0) is 13.8. The van der Waals surface area contributed by atoms with E-state index in [0.29, 0.717) is 4.83 Å². The molecule has 3 rings (SSSR count). The Morgan fingerprint density at radius 3 is 2.55 bits per heavy atom. The van der Waals surface area contributed by atoms with Crippen LogP contribution in [0.5, 0.6) is 5.75 Å². The van der Waals surface area contributed by atoms with Gasteiger partial charge in [0.25, 0.3) is 0 Å². The first-order valence-electron chi connectivity index (χ1n) is 8.24. The van der Waals surface area contributed by atoms with Crippen LogP contribution in [0.4, 0.5) is 0 Å². The number of hydrogen-bond acceptors (Lipinski definition) is 1. The van der Waals surface area contributed by atoms with E-state index in [0.717, 1.165) is 24.7 Å². The normalized spacial score (nSPS) is 22.2. The Labute approximate surface area is 131 Å². The SMILES string of the molecule is BrC(c1ccc2c(c1)CCCO2)C1CCCCCCC1. The van der Waals surface area contributed by atoms with Crippen molar-refractivity contribution < 1.29 is 4.74 Å². The number of hydrogen-bond donors (Lipinski definition) is 0. The molecule has 1 aromatic carbocycles. The highest BCUT2D eigenvalue weighted by Crippen LogP contribution is 2.40. The fourth-order valence-corrected chi connectivity index (χ4v) is 4.42. The van der Waals surface area contributed by atoms with Gasteiger partial charge in [-0.1, -0.05) is 60.2 Å². The first kappa shape index (κ1) is 14.4. The summed E-state index contributed by atoms with van der Waals surface area (Å²) >= 11 is 3.99. The molecule has 0 radical (unpaired) electrons. The van der Waals surface area contributed by atoms with Crippen LogP contribution in [0.25, 0.3) is 0 Å². The number of alkyl halides is 1. The van der Waals surface area contributed by atoms with Gasteiger partial charge in [-0.05, 0) is 48.8 Å². The molecule has 1 unspecified atom stereocenters. The van der Waals surface area contributed by atoms with Crippen molar-refractivity contribution in [1.82, 2.24) is 0 Å². The second kappa shape index (κ2) is 6.98. The summed E-state index contributed by atoms with van der Waals surface area (Å²) in [5.74, 6) is 1.91. The molecule has 1 aliphatic carbocycles. The lowest BCUT2D eigenvalue weighted by Crippen LogP contribution is -2.12. The molecule has 0 N–H and O–H groups in total. The van der Waals surface area contributed by atoms with E-state index in [1.165, 1.54) is 62.5 Å². The summed E-state index contributed by atoms with van der Waals surface area (Å²) in [5, 5.41) is 0. The Morgan fingerprint density at radius 2 is 1.75 bits per heavy atom. The lowest BCUT2D eigenvalue weighted by molar-refractivity contribution is 0.288. The molecule has 2 heteroatoms. The van der Waals surface area contributed by atoms with Gasteiger partial charge in [0.2, 0.25) is 0 Å². The van der Waals surface area contributed by atoms with E-state index < -0.39 is 0 Å². The summed E-state index contributed by atoms with van der Waals surface area (Å²) in [4.78, 5) is 0.521. The maximum atomic E-state index is 5.72. The smallest absolute Gasteiger partial charge is 0.122 e. The van der Waals surface area contributed by atoms with Gasteiger partial charge in [-0.25, -0.2) is 0 Å². The average Bonchev–Trinajstić information content (AvgIpc) is 2.46. The van der Waals surface area contributed by atoms with E-state index in [1.807, 2.05) is 0 Å². The second-order valence-electron chi connectivity index (χ2n) is 6.33. The third-order valence-electron chi connectivity index (χ3n) is 4.81. The van der Waals surface area contributed by atoms with E-state index in [4.69, 9.17) is 4.74 Å².